The molecule has 0 unspecified atom stereocenters. The number of aryl methyl sites for hydroxylation is 1. The predicted octanol–water partition coefficient (Wildman–Crippen LogP) is 2.92. The highest BCUT2D eigenvalue weighted by Crippen LogP contribution is 2.30. The van der Waals surface area contributed by atoms with Crippen molar-refractivity contribution < 1.29 is 14.3 Å². The van der Waals surface area contributed by atoms with Crippen LogP contribution < -0.4 is 14.8 Å². The second-order valence-electron chi connectivity index (χ2n) is 6.42. The average Bonchev–Trinajstić information content (AvgIpc) is 3.14. The molecule has 2 heterocycles. The van der Waals surface area contributed by atoms with Crippen LogP contribution in [0, 0.1) is 6.92 Å². The van der Waals surface area contributed by atoms with E-state index in [-0.39, 0.29) is 5.91 Å². The number of nitrogens with zero attached hydrogens (tertiary/aromatic N) is 2. The van der Waals surface area contributed by atoms with Crippen LogP contribution >= 0.6 is 0 Å². The number of amides is 1. The lowest BCUT2D eigenvalue weighted by atomic mass is 10.1. The molecule has 4 rings (SSSR count). The number of fused-ring (bicyclic) bond motifs is 1. The van der Waals surface area contributed by atoms with Gasteiger partial charge in [-0.3, -0.25) is 4.79 Å². The Kier molecular flexibility index (Phi) is 4.78. The molecule has 1 N–H and O–H groups in total. The number of hydrogen-bond donors (Lipinski definition) is 1. The summed E-state index contributed by atoms with van der Waals surface area (Å²) in [6.45, 7) is 3.70. The van der Waals surface area contributed by atoms with Crippen molar-refractivity contribution in [3.63, 3.8) is 0 Å². The highest BCUT2D eigenvalue weighted by atomic mass is 16.6. The molecule has 1 amide bonds. The van der Waals surface area contributed by atoms with Crippen molar-refractivity contribution in [3.8, 4) is 17.2 Å². The van der Waals surface area contributed by atoms with E-state index in [1.165, 1.54) is 0 Å². The first kappa shape index (κ1) is 17.1. The molecule has 6 heteroatoms. The fourth-order valence-corrected chi connectivity index (χ4v) is 3.06. The van der Waals surface area contributed by atoms with Crippen LogP contribution in [0.3, 0.4) is 0 Å². The molecule has 0 fully saturated rings. The zero-order chi connectivity index (χ0) is 18.6. The van der Waals surface area contributed by atoms with E-state index in [9.17, 15) is 4.79 Å². The molecule has 2 aromatic carbocycles. The lowest BCUT2D eigenvalue weighted by Crippen LogP contribution is -2.25. The summed E-state index contributed by atoms with van der Waals surface area (Å²) in [6.07, 6.45) is 2.49. The highest BCUT2D eigenvalue weighted by Gasteiger charge is 2.12. The Morgan fingerprint density at radius 2 is 1.85 bits per heavy atom. The van der Waals surface area contributed by atoms with Gasteiger partial charge in [-0.05, 0) is 61.4 Å². The van der Waals surface area contributed by atoms with E-state index in [0.29, 0.717) is 25.3 Å². The van der Waals surface area contributed by atoms with Gasteiger partial charge in [0, 0.05) is 24.0 Å². The molecule has 0 aliphatic carbocycles. The quantitative estimate of drug-likeness (QED) is 0.757. The van der Waals surface area contributed by atoms with Crippen molar-refractivity contribution in [1.29, 1.82) is 0 Å². The van der Waals surface area contributed by atoms with Crippen LogP contribution in [0.5, 0.6) is 11.5 Å². The van der Waals surface area contributed by atoms with Crippen molar-refractivity contribution >= 4 is 5.91 Å². The first-order valence-corrected chi connectivity index (χ1v) is 8.98. The Balaban J connectivity index is 1.33. The van der Waals surface area contributed by atoms with Crippen molar-refractivity contribution in [3.05, 3.63) is 71.5 Å². The number of benzene rings is 2. The van der Waals surface area contributed by atoms with E-state index in [1.807, 2.05) is 60.1 Å². The Hall–Kier alpha value is -3.28. The summed E-state index contributed by atoms with van der Waals surface area (Å²) in [6, 6.07) is 15.3. The third kappa shape index (κ3) is 3.79. The van der Waals surface area contributed by atoms with Crippen LogP contribution in [0.2, 0.25) is 0 Å². The van der Waals surface area contributed by atoms with Gasteiger partial charge in [0.1, 0.15) is 13.2 Å². The lowest BCUT2D eigenvalue weighted by Gasteiger charge is -2.18. The van der Waals surface area contributed by atoms with Gasteiger partial charge in [0.15, 0.2) is 11.5 Å². The zero-order valence-corrected chi connectivity index (χ0v) is 15.1. The van der Waals surface area contributed by atoms with Gasteiger partial charge in [0.25, 0.3) is 5.91 Å². The SMILES string of the molecule is Cc1ccnn1-c1ccc(C(=O)NCCc2ccc3c(c2)OCCO3)cc1. The molecule has 138 valence electrons. The molecule has 3 aromatic rings. The van der Waals surface area contributed by atoms with Gasteiger partial charge in [-0.25, -0.2) is 4.68 Å². The fraction of sp³-hybridized carbons (Fsp3) is 0.238. The van der Waals surface area contributed by atoms with Gasteiger partial charge in [0.05, 0.1) is 5.69 Å². The largest absolute Gasteiger partial charge is 0.486 e. The Labute approximate surface area is 157 Å². The number of rotatable bonds is 5. The third-order valence-corrected chi connectivity index (χ3v) is 4.51. The van der Waals surface area contributed by atoms with Gasteiger partial charge in [0.2, 0.25) is 0 Å². The number of nitrogens with one attached hydrogen (secondary N) is 1. The average molecular weight is 363 g/mol. The van der Waals surface area contributed by atoms with Crippen molar-refractivity contribution in [2.24, 2.45) is 0 Å². The van der Waals surface area contributed by atoms with E-state index in [1.54, 1.807) is 6.20 Å². The number of aromatic nitrogens is 2. The van der Waals surface area contributed by atoms with E-state index in [2.05, 4.69) is 10.4 Å². The second-order valence-corrected chi connectivity index (χ2v) is 6.42. The molecule has 0 saturated heterocycles. The van der Waals surface area contributed by atoms with E-state index in [4.69, 9.17) is 9.47 Å². The monoisotopic (exact) mass is 363 g/mol. The second kappa shape index (κ2) is 7.53. The molecule has 0 spiro atoms. The maximum Gasteiger partial charge on any atom is 0.251 e. The number of carbonyl (C=O) groups is 1. The van der Waals surface area contributed by atoms with Gasteiger partial charge in [-0.2, -0.15) is 5.10 Å². The molecule has 27 heavy (non-hydrogen) atoms. The summed E-state index contributed by atoms with van der Waals surface area (Å²) >= 11 is 0. The maximum absolute atomic E-state index is 12.4. The van der Waals surface area contributed by atoms with Gasteiger partial charge in [-0.15, -0.1) is 0 Å². The van der Waals surface area contributed by atoms with E-state index < -0.39 is 0 Å². The summed E-state index contributed by atoms with van der Waals surface area (Å²) in [5.41, 5.74) is 3.71. The summed E-state index contributed by atoms with van der Waals surface area (Å²) in [5.74, 6) is 1.47. The van der Waals surface area contributed by atoms with Crippen molar-refractivity contribution in [2.75, 3.05) is 19.8 Å². The molecular weight excluding hydrogens is 342 g/mol. The smallest absolute Gasteiger partial charge is 0.251 e. The predicted molar refractivity (Wildman–Crippen MR) is 102 cm³/mol. The summed E-state index contributed by atoms with van der Waals surface area (Å²) in [5, 5.41) is 7.23. The minimum atomic E-state index is -0.0868. The molecule has 0 radical (unpaired) electrons. The van der Waals surface area contributed by atoms with Crippen LogP contribution in [0.15, 0.2) is 54.7 Å². The third-order valence-electron chi connectivity index (χ3n) is 4.51. The standard InChI is InChI=1S/C21H21N3O3/c1-15-8-11-23-24(15)18-5-3-17(4-6-18)21(25)22-10-9-16-2-7-19-20(14-16)27-13-12-26-19/h2-8,11,14H,9-10,12-13H2,1H3,(H,22,25). The molecule has 0 atom stereocenters. The highest BCUT2D eigenvalue weighted by molar-refractivity contribution is 5.94. The van der Waals surface area contributed by atoms with Crippen LogP contribution in [0.25, 0.3) is 5.69 Å². The Bertz CT molecular complexity index is 948. The Morgan fingerprint density at radius 3 is 2.59 bits per heavy atom. The van der Waals surface area contributed by atoms with Gasteiger partial charge in [-0.1, -0.05) is 6.07 Å². The van der Waals surface area contributed by atoms with Crippen molar-refractivity contribution in [2.45, 2.75) is 13.3 Å². The van der Waals surface area contributed by atoms with Crippen LogP contribution in [-0.2, 0) is 6.42 Å². The molecule has 0 bridgehead atoms. The van der Waals surface area contributed by atoms with Gasteiger partial charge < -0.3 is 14.8 Å². The minimum absolute atomic E-state index is 0.0868. The van der Waals surface area contributed by atoms with Crippen LogP contribution in [0.4, 0.5) is 0 Å². The topological polar surface area (TPSA) is 65.4 Å². The number of ether oxygens (including phenoxy) is 2. The van der Waals surface area contributed by atoms with Crippen molar-refractivity contribution in [1.82, 2.24) is 15.1 Å². The first-order chi connectivity index (χ1) is 13.2. The first-order valence-electron chi connectivity index (χ1n) is 8.98. The minimum Gasteiger partial charge on any atom is -0.486 e. The normalized spacial score (nSPS) is 12.6. The summed E-state index contributed by atoms with van der Waals surface area (Å²) < 4.78 is 13.0. The molecule has 1 aliphatic heterocycles. The Morgan fingerprint density at radius 1 is 1.07 bits per heavy atom. The number of hydrogen-bond acceptors (Lipinski definition) is 4. The number of carbonyl (C=O) groups excluding carboxylic acids is 1. The molecule has 6 nitrogen and oxygen atoms in total. The van der Waals surface area contributed by atoms with Crippen LogP contribution in [0.1, 0.15) is 21.6 Å². The maximum atomic E-state index is 12.4. The molecular formula is C21H21N3O3. The summed E-state index contributed by atoms with van der Waals surface area (Å²) in [4.78, 5) is 12.4. The molecule has 0 saturated carbocycles. The zero-order valence-electron chi connectivity index (χ0n) is 15.1. The van der Waals surface area contributed by atoms with E-state index in [0.717, 1.165) is 34.9 Å². The molecule has 1 aromatic heterocycles. The van der Waals surface area contributed by atoms with Gasteiger partial charge >= 0.3 is 0 Å². The fourth-order valence-electron chi connectivity index (χ4n) is 3.06. The van der Waals surface area contributed by atoms with E-state index >= 15 is 0 Å². The summed E-state index contributed by atoms with van der Waals surface area (Å²) in [7, 11) is 0. The lowest BCUT2D eigenvalue weighted by molar-refractivity contribution is 0.0954. The molecule has 1 aliphatic rings. The van der Waals surface area contributed by atoms with Crippen LogP contribution in [-0.4, -0.2) is 35.4 Å².